The van der Waals surface area contributed by atoms with E-state index in [1.165, 1.54) is 5.56 Å². The van der Waals surface area contributed by atoms with E-state index in [-0.39, 0.29) is 0 Å². The van der Waals surface area contributed by atoms with Crippen LogP contribution in [0, 0.1) is 12.8 Å². The molecule has 0 radical (unpaired) electrons. The van der Waals surface area contributed by atoms with E-state index >= 15 is 0 Å². The Balaban J connectivity index is 2.82. The number of nitrogens with one attached hydrogen (secondary N) is 1. The summed E-state index contributed by atoms with van der Waals surface area (Å²) in [5, 5.41) is 3.47. The summed E-state index contributed by atoms with van der Waals surface area (Å²) in [4.78, 5) is 0. The van der Waals surface area contributed by atoms with Gasteiger partial charge in [-0.05, 0) is 25.5 Å². The first-order chi connectivity index (χ1) is 6.16. The molecule has 0 fully saturated rings. The lowest BCUT2D eigenvalue weighted by atomic mass is 9.96. The van der Waals surface area contributed by atoms with Crippen LogP contribution in [0.15, 0.2) is 16.7 Å². The van der Waals surface area contributed by atoms with Gasteiger partial charge in [-0.15, -0.1) is 0 Å². The van der Waals surface area contributed by atoms with Crippen LogP contribution < -0.4 is 5.32 Å². The summed E-state index contributed by atoms with van der Waals surface area (Å²) in [7, 11) is 0. The van der Waals surface area contributed by atoms with Crippen molar-refractivity contribution in [1.82, 2.24) is 5.32 Å². The van der Waals surface area contributed by atoms with Crippen molar-refractivity contribution in [3.05, 3.63) is 23.7 Å². The molecule has 74 valence electrons. The highest BCUT2D eigenvalue weighted by atomic mass is 16.3. The molecule has 0 bridgehead atoms. The van der Waals surface area contributed by atoms with Gasteiger partial charge in [0.15, 0.2) is 0 Å². The first-order valence-corrected chi connectivity index (χ1v) is 4.94. The van der Waals surface area contributed by atoms with Crippen molar-refractivity contribution in [2.75, 3.05) is 6.54 Å². The molecule has 1 aromatic heterocycles. The van der Waals surface area contributed by atoms with Gasteiger partial charge >= 0.3 is 0 Å². The molecule has 2 heteroatoms. The Morgan fingerprint density at radius 2 is 2.15 bits per heavy atom. The van der Waals surface area contributed by atoms with E-state index in [1.807, 2.05) is 6.92 Å². The van der Waals surface area contributed by atoms with Gasteiger partial charge in [-0.2, -0.15) is 0 Å². The fourth-order valence-corrected chi connectivity index (χ4v) is 1.64. The SMILES string of the molecule is CCNC(c1ccoc1C)C(C)C. The van der Waals surface area contributed by atoms with Crippen LogP contribution in [0.2, 0.25) is 0 Å². The Morgan fingerprint density at radius 3 is 2.54 bits per heavy atom. The Morgan fingerprint density at radius 1 is 1.46 bits per heavy atom. The standard InChI is InChI=1S/C11H19NO/c1-5-12-11(8(2)3)10-6-7-13-9(10)4/h6-8,11-12H,5H2,1-4H3. The van der Waals surface area contributed by atoms with Crippen molar-refractivity contribution < 1.29 is 4.42 Å². The maximum Gasteiger partial charge on any atom is 0.105 e. The summed E-state index contributed by atoms with van der Waals surface area (Å²) in [6, 6.07) is 2.48. The molecule has 0 saturated heterocycles. The summed E-state index contributed by atoms with van der Waals surface area (Å²) in [5.74, 6) is 1.62. The lowest BCUT2D eigenvalue weighted by Gasteiger charge is -2.21. The highest BCUT2D eigenvalue weighted by molar-refractivity contribution is 5.20. The molecule has 0 aliphatic heterocycles. The number of hydrogen-bond donors (Lipinski definition) is 1. The van der Waals surface area contributed by atoms with Crippen molar-refractivity contribution in [3.8, 4) is 0 Å². The zero-order valence-electron chi connectivity index (χ0n) is 8.92. The molecule has 13 heavy (non-hydrogen) atoms. The lowest BCUT2D eigenvalue weighted by molar-refractivity contribution is 0.412. The molecule has 0 saturated carbocycles. The predicted octanol–water partition coefficient (Wildman–Crippen LogP) is 2.89. The average Bonchev–Trinajstić information content (AvgIpc) is 2.47. The van der Waals surface area contributed by atoms with Crippen molar-refractivity contribution in [2.24, 2.45) is 5.92 Å². The second-order valence-corrected chi connectivity index (χ2v) is 3.71. The highest BCUT2D eigenvalue weighted by Crippen LogP contribution is 2.24. The van der Waals surface area contributed by atoms with Gasteiger partial charge in [-0.1, -0.05) is 20.8 Å². The van der Waals surface area contributed by atoms with Crippen LogP contribution in [0.25, 0.3) is 0 Å². The van der Waals surface area contributed by atoms with Gasteiger partial charge in [0.2, 0.25) is 0 Å². The maximum atomic E-state index is 5.30. The highest BCUT2D eigenvalue weighted by Gasteiger charge is 2.17. The van der Waals surface area contributed by atoms with Crippen molar-refractivity contribution in [2.45, 2.75) is 33.7 Å². The number of furan rings is 1. The molecule has 0 aromatic carbocycles. The van der Waals surface area contributed by atoms with Gasteiger partial charge in [0, 0.05) is 11.6 Å². The van der Waals surface area contributed by atoms with Crippen LogP contribution >= 0.6 is 0 Å². The summed E-state index contributed by atoms with van der Waals surface area (Å²) in [6.07, 6.45) is 1.76. The average molecular weight is 181 g/mol. The normalized spacial score (nSPS) is 13.6. The third-order valence-electron chi connectivity index (χ3n) is 2.32. The zero-order valence-corrected chi connectivity index (χ0v) is 8.92. The first kappa shape index (κ1) is 10.3. The predicted molar refractivity (Wildman–Crippen MR) is 54.7 cm³/mol. The number of rotatable bonds is 4. The van der Waals surface area contributed by atoms with Crippen LogP contribution in [0.1, 0.15) is 38.1 Å². The lowest BCUT2D eigenvalue weighted by Crippen LogP contribution is -2.25. The summed E-state index contributed by atoms with van der Waals surface area (Å²) in [5.41, 5.74) is 1.29. The molecule has 1 unspecified atom stereocenters. The van der Waals surface area contributed by atoms with Crippen molar-refractivity contribution in [3.63, 3.8) is 0 Å². The minimum absolute atomic E-state index is 0.420. The molecule has 0 aliphatic rings. The van der Waals surface area contributed by atoms with Crippen LogP contribution in [0.3, 0.4) is 0 Å². The molecule has 1 rings (SSSR count). The fourth-order valence-electron chi connectivity index (χ4n) is 1.64. The molecule has 1 heterocycles. The summed E-state index contributed by atoms with van der Waals surface area (Å²) in [6.45, 7) is 9.58. The Labute approximate surface area is 80.3 Å². The molecule has 1 aromatic rings. The molecule has 0 aliphatic carbocycles. The summed E-state index contributed by atoms with van der Waals surface area (Å²) >= 11 is 0. The van der Waals surface area contributed by atoms with Gasteiger partial charge in [0.05, 0.1) is 6.26 Å². The van der Waals surface area contributed by atoms with Gasteiger partial charge in [0.25, 0.3) is 0 Å². The molecule has 0 amide bonds. The minimum Gasteiger partial charge on any atom is -0.469 e. The quantitative estimate of drug-likeness (QED) is 0.772. The van der Waals surface area contributed by atoms with E-state index in [0.29, 0.717) is 12.0 Å². The fraction of sp³-hybridized carbons (Fsp3) is 0.636. The van der Waals surface area contributed by atoms with Crippen molar-refractivity contribution in [1.29, 1.82) is 0 Å². The van der Waals surface area contributed by atoms with E-state index in [2.05, 4.69) is 32.2 Å². The van der Waals surface area contributed by atoms with Gasteiger partial charge in [0.1, 0.15) is 5.76 Å². The van der Waals surface area contributed by atoms with E-state index in [0.717, 1.165) is 12.3 Å². The molecule has 1 atom stereocenters. The molecule has 2 nitrogen and oxygen atoms in total. The Bertz CT molecular complexity index is 252. The van der Waals surface area contributed by atoms with Crippen LogP contribution in [-0.2, 0) is 0 Å². The van der Waals surface area contributed by atoms with Gasteiger partial charge < -0.3 is 9.73 Å². The van der Waals surface area contributed by atoms with Crippen LogP contribution in [-0.4, -0.2) is 6.54 Å². The van der Waals surface area contributed by atoms with E-state index in [9.17, 15) is 0 Å². The molecular formula is C11H19NO. The molecule has 0 spiro atoms. The molecule has 1 N–H and O–H groups in total. The minimum atomic E-state index is 0.420. The smallest absolute Gasteiger partial charge is 0.105 e. The second-order valence-electron chi connectivity index (χ2n) is 3.71. The maximum absolute atomic E-state index is 5.30. The van der Waals surface area contributed by atoms with Crippen LogP contribution in [0.4, 0.5) is 0 Å². The van der Waals surface area contributed by atoms with Crippen LogP contribution in [0.5, 0.6) is 0 Å². The monoisotopic (exact) mass is 181 g/mol. The summed E-state index contributed by atoms with van der Waals surface area (Å²) < 4.78 is 5.30. The second kappa shape index (κ2) is 4.47. The zero-order chi connectivity index (χ0) is 9.84. The van der Waals surface area contributed by atoms with E-state index in [4.69, 9.17) is 4.42 Å². The molecular weight excluding hydrogens is 162 g/mol. The third-order valence-corrected chi connectivity index (χ3v) is 2.32. The third kappa shape index (κ3) is 2.34. The number of hydrogen-bond acceptors (Lipinski definition) is 2. The topological polar surface area (TPSA) is 25.2 Å². The first-order valence-electron chi connectivity index (χ1n) is 4.94. The van der Waals surface area contributed by atoms with E-state index in [1.54, 1.807) is 6.26 Å². The van der Waals surface area contributed by atoms with E-state index < -0.39 is 0 Å². The Kier molecular flexibility index (Phi) is 3.55. The van der Waals surface area contributed by atoms with Crippen molar-refractivity contribution >= 4 is 0 Å². The Hall–Kier alpha value is -0.760. The largest absolute Gasteiger partial charge is 0.469 e. The van der Waals surface area contributed by atoms with Gasteiger partial charge in [-0.25, -0.2) is 0 Å². The van der Waals surface area contributed by atoms with Gasteiger partial charge in [-0.3, -0.25) is 0 Å². The number of aryl methyl sites for hydroxylation is 1.